The third-order valence-corrected chi connectivity index (χ3v) is 3.87. The summed E-state index contributed by atoms with van der Waals surface area (Å²) in [7, 11) is 1.38. The second-order valence-electron chi connectivity index (χ2n) is 4.34. The minimum Gasteiger partial charge on any atom is -0.465 e. The molecule has 0 aliphatic heterocycles. The highest BCUT2D eigenvalue weighted by molar-refractivity contribution is 7.98. The lowest BCUT2D eigenvalue weighted by atomic mass is 10.1. The molecule has 0 bridgehead atoms. The quantitative estimate of drug-likeness (QED) is 0.692. The van der Waals surface area contributed by atoms with E-state index in [-0.39, 0.29) is 5.97 Å². The van der Waals surface area contributed by atoms with E-state index in [1.165, 1.54) is 18.9 Å². The largest absolute Gasteiger partial charge is 0.465 e. The van der Waals surface area contributed by atoms with Crippen LogP contribution in [0.2, 0.25) is 0 Å². The second kappa shape index (κ2) is 6.43. The van der Waals surface area contributed by atoms with Crippen LogP contribution in [0.3, 0.4) is 0 Å². The monoisotopic (exact) mass is 288 g/mol. The molecule has 0 fully saturated rings. The average molecular weight is 288 g/mol. The lowest BCUT2D eigenvalue weighted by Gasteiger charge is -2.08. The number of anilines is 1. The Kier molecular flexibility index (Phi) is 4.63. The van der Waals surface area contributed by atoms with Crippen molar-refractivity contribution < 1.29 is 9.53 Å². The number of nitrogen functional groups attached to an aromatic ring is 1. The van der Waals surface area contributed by atoms with Crippen LogP contribution in [-0.2, 0) is 10.5 Å². The van der Waals surface area contributed by atoms with E-state index in [4.69, 9.17) is 10.5 Å². The van der Waals surface area contributed by atoms with Crippen LogP contribution in [-0.4, -0.2) is 18.1 Å². The van der Waals surface area contributed by atoms with Gasteiger partial charge >= 0.3 is 5.97 Å². The Bertz CT molecular complexity index is 629. The van der Waals surface area contributed by atoms with Crippen LogP contribution in [0.4, 0.5) is 5.69 Å². The van der Waals surface area contributed by atoms with Crippen LogP contribution in [0.5, 0.6) is 0 Å². The van der Waals surface area contributed by atoms with Crippen molar-refractivity contribution in [1.82, 2.24) is 4.98 Å². The summed E-state index contributed by atoms with van der Waals surface area (Å²) < 4.78 is 4.78. The molecule has 0 saturated carbocycles. The molecule has 2 rings (SSSR count). The first kappa shape index (κ1) is 14.4. The number of aryl methyl sites for hydroxylation is 1. The van der Waals surface area contributed by atoms with Gasteiger partial charge in [-0.05, 0) is 30.2 Å². The van der Waals surface area contributed by atoms with Crippen molar-refractivity contribution in [3.05, 3.63) is 53.2 Å². The first-order chi connectivity index (χ1) is 9.61. The molecule has 0 spiro atoms. The summed E-state index contributed by atoms with van der Waals surface area (Å²) >= 11 is 1.51. The molecule has 1 aromatic heterocycles. The number of rotatable bonds is 4. The standard InChI is InChI=1S/C15H16N2O2S/c1-10-7-13(16)14(17-8-10)20-9-11-5-3-4-6-12(11)15(18)19-2/h3-8H,9,16H2,1-2H3. The highest BCUT2D eigenvalue weighted by Gasteiger charge is 2.12. The van der Waals surface area contributed by atoms with Crippen molar-refractivity contribution in [3.63, 3.8) is 0 Å². The normalized spacial score (nSPS) is 10.3. The predicted octanol–water partition coefficient (Wildman–Crippen LogP) is 3.05. The van der Waals surface area contributed by atoms with Gasteiger partial charge in [0.1, 0.15) is 5.03 Å². The SMILES string of the molecule is COC(=O)c1ccccc1CSc1ncc(C)cc1N. The van der Waals surface area contributed by atoms with Gasteiger partial charge in [-0.1, -0.05) is 30.0 Å². The Hall–Kier alpha value is -2.01. The summed E-state index contributed by atoms with van der Waals surface area (Å²) in [5.41, 5.74) is 9.11. The molecule has 0 atom stereocenters. The number of thioether (sulfide) groups is 1. The van der Waals surface area contributed by atoms with Crippen molar-refractivity contribution >= 4 is 23.4 Å². The first-order valence-corrected chi connectivity index (χ1v) is 7.11. The second-order valence-corrected chi connectivity index (χ2v) is 5.31. The Labute approximate surface area is 122 Å². The maximum atomic E-state index is 11.7. The molecule has 1 heterocycles. The molecule has 4 nitrogen and oxygen atoms in total. The number of carbonyl (C=O) groups is 1. The van der Waals surface area contributed by atoms with Gasteiger partial charge in [-0.2, -0.15) is 0 Å². The van der Waals surface area contributed by atoms with Crippen molar-refractivity contribution in [2.24, 2.45) is 0 Å². The van der Waals surface area contributed by atoms with E-state index in [2.05, 4.69) is 4.98 Å². The van der Waals surface area contributed by atoms with Gasteiger partial charge in [-0.25, -0.2) is 9.78 Å². The molecule has 0 amide bonds. The molecule has 5 heteroatoms. The lowest BCUT2D eigenvalue weighted by molar-refractivity contribution is 0.0600. The van der Waals surface area contributed by atoms with E-state index in [1.807, 2.05) is 31.2 Å². The maximum absolute atomic E-state index is 11.7. The van der Waals surface area contributed by atoms with E-state index < -0.39 is 0 Å². The number of aromatic nitrogens is 1. The highest BCUT2D eigenvalue weighted by Crippen LogP contribution is 2.27. The molecular weight excluding hydrogens is 272 g/mol. The fourth-order valence-electron chi connectivity index (χ4n) is 1.80. The number of carbonyl (C=O) groups excluding carboxylic acids is 1. The predicted molar refractivity (Wildman–Crippen MR) is 80.7 cm³/mol. The molecule has 2 aromatic rings. The summed E-state index contributed by atoms with van der Waals surface area (Å²) in [5, 5.41) is 0.773. The van der Waals surface area contributed by atoms with Crippen molar-refractivity contribution in [3.8, 4) is 0 Å². The smallest absolute Gasteiger partial charge is 0.338 e. The molecule has 1 aromatic carbocycles. The summed E-state index contributed by atoms with van der Waals surface area (Å²) in [5.74, 6) is 0.289. The first-order valence-electron chi connectivity index (χ1n) is 6.13. The topological polar surface area (TPSA) is 65.2 Å². The van der Waals surface area contributed by atoms with Gasteiger partial charge < -0.3 is 10.5 Å². The molecule has 0 aliphatic rings. The molecule has 0 unspecified atom stereocenters. The minimum atomic E-state index is -0.328. The Morgan fingerprint density at radius 2 is 2.15 bits per heavy atom. The van der Waals surface area contributed by atoms with Gasteiger partial charge in [0.2, 0.25) is 0 Å². The van der Waals surface area contributed by atoms with E-state index >= 15 is 0 Å². The van der Waals surface area contributed by atoms with Gasteiger partial charge in [0.25, 0.3) is 0 Å². The average Bonchev–Trinajstić information content (AvgIpc) is 2.46. The van der Waals surface area contributed by atoms with E-state index in [0.29, 0.717) is 17.0 Å². The van der Waals surface area contributed by atoms with Crippen molar-refractivity contribution in [2.45, 2.75) is 17.7 Å². The van der Waals surface area contributed by atoms with Crippen LogP contribution in [0.15, 0.2) is 41.6 Å². The number of hydrogen-bond donors (Lipinski definition) is 1. The molecule has 2 N–H and O–H groups in total. The molecule has 0 saturated heterocycles. The number of nitrogens with two attached hydrogens (primary N) is 1. The summed E-state index contributed by atoms with van der Waals surface area (Å²) in [6.07, 6.45) is 1.78. The molecule has 0 aliphatic carbocycles. The summed E-state index contributed by atoms with van der Waals surface area (Å²) in [6, 6.07) is 9.27. The molecule has 0 radical (unpaired) electrons. The Balaban J connectivity index is 2.17. The fourth-order valence-corrected chi connectivity index (χ4v) is 2.70. The molecular formula is C15H16N2O2S. The van der Waals surface area contributed by atoms with Gasteiger partial charge in [0, 0.05) is 11.9 Å². The number of esters is 1. The molecule has 20 heavy (non-hydrogen) atoms. The summed E-state index contributed by atoms with van der Waals surface area (Å²) in [6.45, 7) is 1.95. The van der Waals surface area contributed by atoms with Crippen LogP contribution in [0.25, 0.3) is 0 Å². The third-order valence-electron chi connectivity index (χ3n) is 2.80. The lowest BCUT2D eigenvalue weighted by Crippen LogP contribution is -2.05. The van der Waals surface area contributed by atoms with Gasteiger partial charge in [0.15, 0.2) is 0 Å². The number of ether oxygens (including phenoxy) is 1. The highest BCUT2D eigenvalue weighted by atomic mass is 32.2. The zero-order valence-electron chi connectivity index (χ0n) is 11.4. The number of benzene rings is 1. The maximum Gasteiger partial charge on any atom is 0.338 e. The van der Waals surface area contributed by atoms with E-state index in [0.717, 1.165) is 16.2 Å². The van der Waals surface area contributed by atoms with Crippen LogP contribution < -0.4 is 5.73 Å². The van der Waals surface area contributed by atoms with Crippen molar-refractivity contribution in [2.75, 3.05) is 12.8 Å². The van der Waals surface area contributed by atoms with Crippen LogP contribution >= 0.6 is 11.8 Å². The minimum absolute atomic E-state index is 0.328. The zero-order chi connectivity index (χ0) is 14.5. The third kappa shape index (κ3) is 3.30. The van der Waals surface area contributed by atoms with Crippen LogP contribution in [0.1, 0.15) is 21.5 Å². The van der Waals surface area contributed by atoms with Gasteiger partial charge in [-0.15, -0.1) is 0 Å². The van der Waals surface area contributed by atoms with E-state index in [1.54, 1.807) is 12.3 Å². The molecule has 104 valence electrons. The number of nitrogens with zero attached hydrogens (tertiary/aromatic N) is 1. The van der Waals surface area contributed by atoms with Crippen LogP contribution in [0, 0.1) is 6.92 Å². The fraction of sp³-hybridized carbons (Fsp3) is 0.200. The summed E-state index contributed by atoms with van der Waals surface area (Å²) in [4.78, 5) is 16.0. The van der Waals surface area contributed by atoms with Gasteiger partial charge in [-0.3, -0.25) is 0 Å². The number of hydrogen-bond acceptors (Lipinski definition) is 5. The Morgan fingerprint density at radius 3 is 2.85 bits per heavy atom. The Morgan fingerprint density at radius 1 is 1.40 bits per heavy atom. The van der Waals surface area contributed by atoms with Gasteiger partial charge in [0.05, 0.1) is 18.4 Å². The van der Waals surface area contributed by atoms with Crippen molar-refractivity contribution in [1.29, 1.82) is 0 Å². The van der Waals surface area contributed by atoms with E-state index in [9.17, 15) is 4.79 Å². The zero-order valence-corrected chi connectivity index (χ0v) is 12.2. The number of methoxy groups -OCH3 is 1. The number of pyridine rings is 1.